The van der Waals surface area contributed by atoms with E-state index in [0.29, 0.717) is 5.41 Å². The molecule has 0 radical (unpaired) electrons. The van der Waals surface area contributed by atoms with Crippen LogP contribution in [0.15, 0.2) is 0 Å². The molecule has 0 aromatic carbocycles. The first-order valence-electron chi connectivity index (χ1n) is 7.47. The van der Waals surface area contributed by atoms with E-state index in [1.54, 1.807) is 10.8 Å². The maximum Gasteiger partial charge on any atom is 0.0530 e. The maximum absolute atomic E-state index is 9.21. The van der Waals surface area contributed by atoms with Crippen molar-refractivity contribution in [3.63, 3.8) is 0 Å². The molecule has 0 heterocycles. The molecule has 2 N–H and O–H groups in total. The van der Waals surface area contributed by atoms with Crippen molar-refractivity contribution >= 4 is 33.3 Å². The lowest BCUT2D eigenvalue weighted by molar-refractivity contribution is 0.315. The fourth-order valence-electron chi connectivity index (χ4n) is 3.75. The zero-order chi connectivity index (χ0) is 15.0. The summed E-state index contributed by atoms with van der Waals surface area (Å²) in [7, 11) is 3.77. The van der Waals surface area contributed by atoms with Crippen molar-refractivity contribution in [2.24, 2.45) is 17.3 Å². The van der Waals surface area contributed by atoms with Crippen LogP contribution in [0.4, 0.5) is 0 Å². The number of hydrogen-bond donors (Lipinski definition) is 2. The van der Waals surface area contributed by atoms with E-state index in [-0.39, 0.29) is 22.7 Å². The lowest BCUT2D eigenvalue weighted by atomic mass is 9.80. The summed E-state index contributed by atoms with van der Waals surface area (Å²) in [6.07, 6.45) is 2.53. The fraction of sp³-hybridized carbons (Fsp3) is 1.00. The van der Waals surface area contributed by atoms with Crippen LogP contribution in [0.5, 0.6) is 0 Å². The van der Waals surface area contributed by atoms with E-state index in [1.165, 1.54) is 12.8 Å². The monoisotopic (exact) mass is 336 g/mol. The molecule has 4 atom stereocenters. The summed E-state index contributed by atoms with van der Waals surface area (Å²) >= 11 is 1.95. The Morgan fingerprint density at radius 1 is 0.900 bits per heavy atom. The molecule has 0 bridgehead atoms. The van der Waals surface area contributed by atoms with Gasteiger partial charge in [-0.25, -0.2) is 0 Å². The highest BCUT2D eigenvalue weighted by Crippen LogP contribution is 2.73. The number of thioether (sulfide) groups is 1. The summed E-state index contributed by atoms with van der Waals surface area (Å²) < 4.78 is 0.444. The largest absolute Gasteiger partial charge is 0.396 e. The molecule has 5 heteroatoms. The highest BCUT2D eigenvalue weighted by Gasteiger charge is 2.67. The van der Waals surface area contributed by atoms with Gasteiger partial charge in [-0.1, -0.05) is 35.4 Å². The van der Waals surface area contributed by atoms with Gasteiger partial charge in [0.25, 0.3) is 0 Å². The molecular formula is C15H28O2S3. The molecule has 0 saturated heterocycles. The van der Waals surface area contributed by atoms with Gasteiger partial charge in [-0.15, -0.1) is 0 Å². The van der Waals surface area contributed by atoms with Crippen LogP contribution in [-0.4, -0.2) is 44.4 Å². The molecular weight excluding hydrogens is 308 g/mol. The minimum atomic E-state index is 0.220. The predicted molar refractivity (Wildman–Crippen MR) is 93.5 cm³/mol. The Balaban J connectivity index is 2.11. The quantitative estimate of drug-likeness (QED) is 0.548. The summed E-state index contributed by atoms with van der Waals surface area (Å²) in [5.41, 5.74) is 0.501. The average molecular weight is 337 g/mol. The number of aliphatic hydroxyl groups is 2. The normalized spacial score (nSPS) is 42.3. The lowest BCUT2D eigenvalue weighted by Crippen LogP contribution is -2.48. The second-order valence-electron chi connectivity index (χ2n) is 7.11. The van der Waals surface area contributed by atoms with Gasteiger partial charge in [0, 0.05) is 21.0 Å². The molecule has 2 aliphatic carbocycles. The van der Waals surface area contributed by atoms with Gasteiger partial charge in [0.2, 0.25) is 0 Å². The van der Waals surface area contributed by atoms with E-state index in [9.17, 15) is 5.11 Å². The van der Waals surface area contributed by atoms with Gasteiger partial charge in [-0.05, 0) is 43.9 Å². The Kier molecular flexibility index (Phi) is 5.39. The second-order valence-corrected chi connectivity index (χ2v) is 11.6. The van der Waals surface area contributed by atoms with Gasteiger partial charge in [0.05, 0.1) is 13.2 Å². The first-order valence-corrected chi connectivity index (χ1v) is 10.8. The SMILES string of the molecule is CC1(C)[C@@H]2C[C@@](C)(SCCO)[C@](C)(SSCCO)C[C@@H]21. The highest BCUT2D eigenvalue weighted by molar-refractivity contribution is 8.77. The number of rotatable bonds is 7. The summed E-state index contributed by atoms with van der Waals surface area (Å²) in [6, 6.07) is 0. The smallest absolute Gasteiger partial charge is 0.0530 e. The van der Waals surface area contributed by atoms with Crippen LogP contribution in [0, 0.1) is 17.3 Å². The zero-order valence-electron chi connectivity index (χ0n) is 13.0. The molecule has 2 nitrogen and oxygen atoms in total. The van der Waals surface area contributed by atoms with E-state index in [2.05, 4.69) is 27.7 Å². The Hall–Kier alpha value is 0.970. The van der Waals surface area contributed by atoms with E-state index in [4.69, 9.17) is 5.11 Å². The number of hydrogen-bond acceptors (Lipinski definition) is 5. The molecule has 2 aliphatic rings. The number of aliphatic hydroxyl groups excluding tert-OH is 2. The Morgan fingerprint density at radius 3 is 2.00 bits per heavy atom. The third kappa shape index (κ3) is 3.03. The molecule has 2 saturated carbocycles. The molecule has 0 aromatic heterocycles. The maximum atomic E-state index is 9.21. The van der Waals surface area contributed by atoms with Gasteiger partial charge in [-0.2, -0.15) is 11.8 Å². The van der Waals surface area contributed by atoms with Crippen molar-refractivity contribution in [3.05, 3.63) is 0 Å². The molecule has 0 unspecified atom stereocenters. The third-order valence-electron chi connectivity index (χ3n) is 5.55. The van der Waals surface area contributed by atoms with E-state index in [1.807, 2.05) is 22.6 Å². The molecule has 20 heavy (non-hydrogen) atoms. The van der Waals surface area contributed by atoms with Crippen molar-refractivity contribution in [1.82, 2.24) is 0 Å². The average Bonchev–Trinajstić information content (AvgIpc) is 2.88. The molecule has 118 valence electrons. The zero-order valence-corrected chi connectivity index (χ0v) is 15.5. The standard InChI is InChI=1S/C15H28O2S3/c1-13(2)11-9-14(3,18-7-5-16)15(4,10-12(11)13)20-19-8-6-17/h11-12,16-17H,5-10H2,1-4H3/t11-,12+,14-,15-/m1/s1. The van der Waals surface area contributed by atoms with E-state index in [0.717, 1.165) is 23.3 Å². The summed E-state index contributed by atoms with van der Waals surface area (Å²) in [6.45, 7) is 10.1. The topological polar surface area (TPSA) is 40.5 Å². The van der Waals surface area contributed by atoms with Gasteiger partial charge in [0.1, 0.15) is 0 Å². The van der Waals surface area contributed by atoms with Gasteiger partial charge in [0.15, 0.2) is 0 Å². The molecule has 0 spiro atoms. The highest BCUT2D eigenvalue weighted by atomic mass is 33.1. The van der Waals surface area contributed by atoms with Crippen LogP contribution in [0.3, 0.4) is 0 Å². The Labute approximate surface area is 135 Å². The van der Waals surface area contributed by atoms with Crippen LogP contribution in [0.25, 0.3) is 0 Å². The molecule has 2 fully saturated rings. The van der Waals surface area contributed by atoms with Gasteiger partial charge < -0.3 is 10.2 Å². The van der Waals surface area contributed by atoms with Crippen LogP contribution < -0.4 is 0 Å². The summed E-state index contributed by atoms with van der Waals surface area (Å²) in [4.78, 5) is 0. The lowest BCUT2D eigenvalue weighted by Gasteiger charge is -2.48. The van der Waals surface area contributed by atoms with Crippen molar-refractivity contribution in [2.75, 3.05) is 24.7 Å². The minimum Gasteiger partial charge on any atom is -0.396 e. The van der Waals surface area contributed by atoms with Crippen LogP contribution >= 0.6 is 33.3 Å². The van der Waals surface area contributed by atoms with Crippen LogP contribution in [-0.2, 0) is 0 Å². The first kappa shape index (κ1) is 17.3. The molecule has 2 rings (SSSR count). The van der Waals surface area contributed by atoms with Crippen LogP contribution in [0.1, 0.15) is 40.5 Å². The number of fused-ring (bicyclic) bond motifs is 1. The van der Waals surface area contributed by atoms with Gasteiger partial charge in [-0.3, -0.25) is 0 Å². The third-order valence-corrected chi connectivity index (χ3v) is 10.7. The molecule has 0 amide bonds. The molecule has 0 aromatic rings. The van der Waals surface area contributed by atoms with Crippen LogP contribution in [0.2, 0.25) is 0 Å². The molecule has 0 aliphatic heterocycles. The summed E-state index contributed by atoms with van der Waals surface area (Å²) in [5, 5.41) is 18.2. The van der Waals surface area contributed by atoms with Gasteiger partial charge >= 0.3 is 0 Å². The van der Waals surface area contributed by atoms with E-state index < -0.39 is 0 Å². The van der Waals surface area contributed by atoms with Crippen molar-refractivity contribution in [3.8, 4) is 0 Å². The fourth-order valence-corrected chi connectivity index (χ4v) is 8.38. The van der Waals surface area contributed by atoms with E-state index >= 15 is 0 Å². The Bertz CT molecular complexity index is 350. The van der Waals surface area contributed by atoms with Crippen molar-refractivity contribution in [2.45, 2.75) is 50.0 Å². The minimum absolute atomic E-state index is 0.220. The predicted octanol–water partition coefficient (Wildman–Crippen LogP) is 3.67. The Morgan fingerprint density at radius 2 is 1.45 bits per heavy atom. The van der Waals surface area contributed by atoms with Crippen molar-refractivity contribution in [1.29, 1.82) is 0 Å². The van der Waals surface area contributed by atoms with Crippen molar-refractivity contribution < 1.29 is 10.2 Å². The summed E-state index contributed by atoms with van der Waals surface area (Å²) in [5.74, 6) is 3.35. The second kappa shape index (κ2) is 6.23. The first-order chi connectivity index (χ1) is 9.31.